The Balaban J connectivity index is 1.91. The Hall–Kier alpha value is -2.10. The first-order chi connectivity index (χ1) is 10.3. The van der Waals surface area contributed by atoms with Crippen molar-refractivity contribution in [3.8, 4) is 11.1 Å². The molecule has 2 aromatic rings. The monoisotopic (exact) mass is 283 g/mol. The number of carbonyl (C=O) groups excluding carboxylic acids is 1. The van der Waals surface area contributed by atoms with Crippen LogP contribution in [0, 0.1) is 0 Å². The summed E-state index contributed by atoms with van der Waals surface area (Å²) in [6.45, 7) is 4.65. The van der Waals surface area contributed by atoms with Crippen molar-refractivity contribution in [3.63, 3.8) is 0 Å². The second-order valence-corrected chi connectivity index (χ2v) is 5.49. The summed E-state index contributed by atoms with van der Waals surface area (Å²) in [7, 11) is 0. The van der Waals surface area contributed by atoms with Crippen molar-refractivity contribution in [1.29, 1.82) is 0 Å². The highest BCUT2D eigenvalue weighted by atomic mass is 16.2. The van der Waals surface area contributed by atoms with Crippen molar-refractivity contribution in [2.24, 2.45) is 0 Å². The van der Waals surface area contributed by atoms with Gasteiger partial charge in [0, 0.05) is 43.8 Å². The van der Waals surface area contributed by atoms with Crippen LogP contribution in [0.5, 0.6) is 0 Å². The number of aryl methyl sites for hydroxylation is 1. The van der Waals surface area contributed by atoms with Crippen molar-refractivity contribution < 1.29 is 4.79 Å². The Morgan fingerprint density at radius 2 is 1.86 bits per heavy atom. The molecule has 0 spiro atoms. The van der Waals surface area contributed by atoms with E-state index in [1.165, 1.54) is 6.42 Å². The second-order valence-electron chi connectivity index (χ2n) is 5.49. The van der Waals surface area contributed by atoms with E-state index < -0.39 is 0 Å². The quantitative estimate of drug-likeness (QED) is 0.867. The molecule has 0 unspecified atom stereocenters. The first-order valence-corrected chi connectivity index (χ1v) is 7.69. The van der Waals surface area contributed by atoms with Gasteiger partial charge in [-0.2, -0.15) is 0 Å². The van der Waals surface area contributed by atoms with E-state index in [1.807, 2.05) is 27.7 Å². The highest BCUT2D eigenvalue weighted by molar-refractivity contribution is 5.94. The zero-order valence-electron chi connectivity index (χ0n) is 12.5. The number of likely N-dealkylation sites (tertiary alicyclic amines) is 1. The number of rotatable bonds is 3. The summed E-state index contributed by atoms with van der Waals surface area (Å²) >= 11 is 0. The number of amides is 1. The number of aromatic nitrogens is 2. The standard InChI is InChI=1S/C17H21N3O/c1-2-19-13-15(14-6-8-18-9-7-14)12-16(19)17(21)20-10-4-3-5-11-20/h6-9,12-13H,2-5,10-11H2,1H3. The summed E-state index contributed by atoms with van der Waals surface area (Å²) in [5.74, 6) is 0.164. The Morgan fingerprint density at radius 3 is 2.52 bits per heavy atom. The Kier molecular flexibility index (Phi) is 4.04. The van der Waals surface area contributed by atoms with Gasteiger partial charge in [-0.3, -0.25) is 9.78 Å². The molecule has 0 bridgehead atoms. The largest absolute Gasteiger partial charge is 0.343 e. The van der Waals surface area contributed by atoms with Crippen LogP contribution in [0.1, 0.15) is 36.7 Å². The molecule has 1 saturated heterocycles. The molecule has 4 heteroatoms. The van der Waals surface area contributed by atoms with Gasteiger partial charge in [0.25, 0.3) is 5.91 Å². The highest BCUT2D eigenvalue weighted by Crippen LogP contribution is 2.23. The van der Waals surface area contributed by atoms with Gasteiger partial charge >= 0.3 is 0 Å². The van der Waals surface area contributed by atoms with Crippen molar-refractivity contribution in [2.75, 3.05) is 13.1 Å². The fourth-order valence-corrected chi connectivity index (χ4v) is 2.91. The number of pyridine rings is 1. The van der Waals surface area contributed by atoms with Crippen LogP contribution in [0.25, 0.3) is 11.1 Å². The van der Waals surface area contributed by atoms with E-state index in [-0.39, 0.29) is 5.91 Å². The highest BCUT2D eigenvalue weighted by Gasteiger charge is 2.21. The summed E-state index contributed by atoms with van der Waals surface area (Å²) in [4.78, 5) is 18.8. The van der Waals surface area contributed by atoms with Crippen molar-refractivity contribution in [3.05, 3.63) is 42.5 Å². The fourth-order valence-electron chi connectivity index (χ4n) is 2.91. The first-order valence-electron chi connectivity index (χ1n) is 7.69. The van der Waals surface area contributed by atoms with Gasteiger partial charge in [0.15, 0.2) is 0 Å². The summed E-state index contributed by atoms with van der Waals surface area (Å²) in [6, 6.07) is 5.96. The molecule has 1 fully saturated rings. The first kappa shape index (κ1) is 13.9. The van der Waals surface area contributed by atoms with Crippen molar-refractivity contribution >= 4 is 5.91 Å². The lowest BCUT2D eigenvalue weighted by Gasteiger charge is -2.26. The maximum atomic E-state index is 12.7. The minimum absolute atomic E-state index is 0.164. The molecule has 0 aliphatic carbocycles. The molecule has 3 heterocycles. The van der Waals surface area contributed by atoms with Gasteiger partial charge < -0.3 is 9.47 Å². The minimum Gasteiger partial charge on any atom is -0.343 e. The van der Waals surface area contributed by atoms with Gasteiger partial charge in [-0.25, -0.2) is 0 Å². The van der Waals surface area contributed by atoms with Gasteiger partial charge in [-0.05, 0) is 49.9 Å². The van der Waals surface area contributed by atoms with Gasteiger partial charge in [0.1, 0.15) is 5.69 Å². The van der Waals surface area contributed by atoms with Gasteiger partial charge in [0.05, 0.1) is 0 Å². The maximum absolute atomic E-state index is 12.7. The van der Waals surface area contributed by atoms with Crippen LogP contribution in [0.15, 0.2) is 36.8 Å². The number of nitrogens with zero attached hydrogens (tertiary/aromatic N) is 3. The van der Waals surface area contributed by atoms with Crippen LogP contribution in [-0.4, -0.2) is 33.4 Å². The lowest BCUT2D eigenvalue weighted by molar-refractivity contribution is 0.0713. The number of hydrogen-bond donors (Lipinski definition) is 0. The molecule has 3 rings (SSSR count). The normalized spacial score (nSPS) is 15.2. The molecular weight excluding hydrogens is 262 g/mol. The van der Waals surface area contributed by atoms with Crippen molar-refractivity contribution in [1.82, 2.24) is 14.5 Å². The van der Waals surface area contributed by atoms with E-state index in [9.17, 15) is 4.79 Å². The SMILES string of the molecule is CCn1cc(-c2ccncc2)cc1C(=O)N1CCCCC1. The van der Waals surface area contributed by atoms with Crippen LogP contribution in [-0.2, 0) is 6.54 Å². The third kappa shape index (κ3) is 2.84. The van der Waals surface area contributed by atoms with E-state index >= 15 is 0 Å². The van der Waals surface area contributed by atoms with Crippen LogP contribution >= 0.6 is 0 Å². The van der Waals surface area contributed by atoms with Crippen molar-refractivity contribution in [2.45, 2.75) is 32.7 Å². The van der Waals surface area contributed by atoms with Gasteiger partial charge in [-0.1, -0.05) is 0 Å². The molecule has 0 N–H and O–H groups in total. The van der Waals surface area contributed by atoms with E-state index in [2.05, 4.69) is 18.1 Å². The molecule has 1 aliphatic heterocycles. The van der Waals surface area contributed by atoms with Gasteiger partial charge in [-0.15, -0.1) is 0 Å². The average Bonchev–Trinajstić information content (AvgIpc) is 3.00. The molecular formula is C17H21N3O. The molecule has 0 atom stereocenters. The van der Waals surface area contributed by atoms with E-state index in [4.69, 9.17) is 0 Å². The lowest BCUT2D eigenvalue weighted by Crippen LogP contribution is -2.36. The topological polar surface area (TPSA) is 38.1 Å². The van der Waals surface area contributed by atoms with Crippen LogP contribution in [0.2, 0.25) is 0 Å². The van der Waals surface area contributed by atoms with Crippen LogP contribution in [0.3, 0.4) is 0 Å². The molecule has 110 valence electrons. The fraction of sp³-hybridized carbons (Fsp3) is 0.412. The minimum atomic E-state index is 0.164. The molecule has 0 saturated carbocycles. The summed E-state index contributed by atoms with van der Waals surface area (Å²) in [6.07, 6.45) is 9.11. The zero-order chi connectivity index (χ0) is 14.7. The Bertz CT molecular complexity index is 612. The molecule has 1 aliphatic rings. The molecule has 2 aromatic heterocycles. The second kappa shape index (κ2) is 6.12. The zero-order valence-corrected chi connectivity index (χ0v) is 12.5. The molecule has 4 nitrogen and oxygen atoms in total. The van der Waals surface area contributed by atoms with E-state index in [1.54, 1.807) is 12.4 Å². The molecule has 1 amide bonds. The van der Waals surface area contributed by atoms with Crippen LogP contribution < -0.4 is 0 Å². The average molecular weight is 283 g/mol. The summed E-state index contributed by atoms with van der Waals surface area (Å²) in [5.41, 5.74) is 2.98. The summed E-state index contributed by atoms with van der Waals surface area (Å²) < 4.78 is 2.05. The Labute approximate surface area is 125 Å². The number of hydrogen-bond acceptors (Lipinski definition) is 2. The Morgan fingerprint density at radius 1 is 1.14 bits per heavy atom. The molecule has 0 aromatic carbocycles. The predicted molar refractivity (Wildman–Crippen MR) is 83.1 cm³/mol. The van der Waals surface area contributed by atoms with E-state index in [0.29, 0.717) is 0 Å². The maximum Gasteiger partial charge on any atom is 0.270 e. The lowest BCUT2D eigenvalue weighted by atomic mass is 10.1. The molecule has 0 radical (unpaired) electrons. The molecule has 21 heavy (non-hydrogen) atoms. The number of piperidine rings is 1. The van der Waals surface area contributed by atoms with Gasteiger partial charge in [0.2, 0.25) is 0 Å². The third-order valence-electron chi connectivity index (χ3n) is 4.11. The third-order valence-corrected chi connectivity index (χ3v) is 4.11. The number of carbonyl (C=O) groups is 1. The van der Waals surface area contributed by atoms with E-state index in [0.717, 1.165) is 49.3 Å². The summed E-state index contributed by atoms with van der Waals surface area (Å²) in [5, 5.41) is 0. The van der Waals surface area contributed by atoms with Crippen LogP contribution in [0.4, 0.5) is 0 Å². The predicted octanol–water partition coefficient (Wildman–Crippen LogP) is 3.20. The smallest absolute Gasteiger partial charge is 0.270 e.